The highest BCUT2D eigenvalue weighted by Crippen LogP contribution is 2.36. The number of piperidine rings is 1. The Morgan fingerprint density at radius 3 is 2.36 bits per heavy atom. The highest BCUT2D eigenvalue weighted by Gasteiger charge is 2.40. The highest BCUT2D eigenvalue weighted by molar-refractivity contribution is 5.94. The molecule has 0 bridgehead atoms. The van der Waals surface area contributed by atoms with Crippen molar-refractivity contribution in [3.05, 3.63) is 96.1 Å². The second-order valence-electron chi connectivity index (χ2n) is 9.58. The topological polar surface area (TPSA) is 59.1 Å². The van der Waals surface area contributed by atoms with Crippen LogP contribution in [-0.4, -0.2) is 55.5 Å². The average Bonchev–Trinajstić information content (AvgIpc) is 2.93. The first-order chi connectivity index (χ1) is 17.5. The maximum Gasteiger partial charge on any atom is 0.254 e. The Labute approximate surface area is 213 Å². The fraction of sp³-hybridized carbons (Fsp3) is 0.333. The molecule has 0 saturated carbocycles. The first-order valence-corrected chi connectivity index (χ1v) is 12.4. The molecule has 1 aliphatic rings. The van der Waals surface area contributed by atoms with E-state index in [1.807, 2.05) is 84.7 Å². The van der Waals surface area contributed by atoms with Gasteiger partial charge in [0, 0.05) is 44.1 Å². The van der Waals surface area contributed by atoms with Gasteiger partial charge in [-0.15, -0.1) is 0 Å². The third-order valence-electron chi connectivity index (χ3n) is 6.77. The van der Waals surface area contributed by atoms with E-state index in [1.165, 1.54) is 0 Å². The van der Waals surface area contributed by atoms with Crippen molar-refractivity contribution in [2.24, 2.45) is 5.41 Å². The van der Waals surface area contributed by atoms with Gasteiger partial charge >= 0.3 is 0 Å². The number of nitrogens with zero attached hydrogens (tertiary/aromatic N) is 2. The summed E-state index contributed by atoms with van der Waals surface area (Å²) in [7, 11) is 3.43. The van der Waals surface area contributed by atoms with E-state index in [1.54, 1.807) is 24.1 Å². The largest absolute Gasteiger partial charge is 0.497 e. The molecule has 3 aromatic carbocycles. The highest BCUT2D eigenvalue weighted by atomic mass is 16.5. The van der Waals surface area contributed by atoms with Crippen LogP contribution in [-0.2, 0) is 11.3 Å². The van der Waals surface area contributed by atoms with Crippen molar-refractivity contribution in [1.29, 1.82) is 0 Å². The maximum absolute atomic E-state index is 13.4. The van der Waals surface area contributed by atoms with Crippen molar-refractivity contribution < 1.29 is 19.1 Å². The number of hydrogen-bond donors (Lipinski definition) is 0. The van der Waals surface area contributed by atoms with Crippen molar-refractivity contribution in [1.82, 2.24) is 9.80 Å². The molecule has 1 atom stereocenters. The van der Waals surface area contributed by atoms with E-state index in [9.17, 15) is 9.59 Å². The van der Waals surface area contributed by atoms with Crippen LogP contribution in [0.15, 0.2) is 84.9 Å². The second-order valence-corrected chi connectivity index (χ2v) is 9.58. The van der Waals surface area contributed by atoms with Crippen LogP contribution in [0.5, 0.6) is 11.5 Å². The molecular formula is C30H34N2O4. The van der Waals surface area contributed by atoms with Crippen LogP contribution in [0, 0.1) is 5.41 Å². The lowest BCUT2D eigenvalue weighted by Gasteiger charge is -2.43. The lowest BCUT2D eigenvalue weighted by molar-refractivity contribution is -0.134. The normalized spacial score (nSPS) is 17.3. The summed E-state index contributed by atoms with van der Waals surface area (Å²) in [4.78, 5) is 30.5. The van der Waals surface area contributed by atoms with Gasteiger partial charge in [0.1, 0.15) is 11.5 Å². The Balaban J connectivity index is 1.52. The van der Waals surface area contributed by atoms with E-state index in [2.05, 4.69) is 0 Å². The van der Waals surface area contributed by atoms with Crippen molar-refractivity contribution in [2.75, 3.05) is 33.9 Å². The summed E-state index contributed by atoms with van der Waals surface area (Å²) >= 11 is 0. The molecule has 36 heavy (non-hydrogen) atoms. The molecule has 188 valence electrons. The van der Waals surface area contributed by atoms with E-state index in [-0.39, 0.29) is 11.8 Å². The average molecular weight is 487 g/mol. The molecule has 4 rings (SSSR count). The van der Waals surface area contributed by atoms with Gasteiger partial charge in [0.15, 0.2) is 0 Å². The molecule has 2 amide bonds. The molecule has 1 unspecified atom stereocenters. The molecule has 3 aromatic rings. The molecule has 6 heteroatoms. The molecule has 1 fully saturated rings. The Morgan fingerprint density at radius 2 is 1.64 bits per heavy atom. The number of likely N-dealkylation sites (tertiary alicyclic amines) is 1. The third kappa shape index (κ3) is 6.45. The maximum atomic E-state index is 13.4. The minimum absolute atomic E-state index is 0.0474. The SMILES string of the molecule is COc1cccc(C(=O)N2CCCC(COc3ccccc3)(CC(=O)N(C)Cc3ccccc3)C2)c1. The summed E-state index contributed by atoms with van der Waals surface area (Å²) in [6.07, 6.45) is 1.93. The number of amides is 2. The quantitative estimate of drug-likeness (QED) is 0.425. The van der Waals surface area contributed by atoms with E-state index in [4.69, 9.17) is 9.47 Å². The van der Waals surface area contributed by atoms with Crippen LogP contribution in [0.1, 0.15) is 35.2 Å². The van der Waals surface area contributed by atoms with Crippen molar-refractivity contribution >= 4 is 11.8 Å². The number of hydrogen-bond acceptors (Lipinski definition) is 4. The summed E-state index contributed by atoms with van der Waals surface area (Å²) < 4.78 is 11.5. The number of methoxy groups -OCH3 is 1. The number of carbonyl (C=O) groups is 2. The van der Waals surface area contributed by atoms with E-state index >= 15 is 0 Å². The van der Waals surface area contributed by atoms with Crippen molar-refractivity contribution in [3.8, 4) is 11.5 Å². The fourth-order valence-corrected chi connectivity index (χ4v) is 4.79. The van der Waals surface area contributed by atoms with Gasteiger partial charge in [-0.25, -0.2) is 0 Å². The van der Waals surface area contributed by atoms with Gasteiger partial charge in [-0.2, -0.15) is 0 Å². The molecule has 0 aromatic heterocycles. The zero-order valence-corrected chi connectivity index (χ0v) is 21.1. The van der Waals surface area contributed by atoms with Gasteiger partial charge in [-0.1, -0.05) is 54.6 Å². The standard InChI is InChI=1S/C30H34N2O4/c1-31(21-24-11-5-3-6-12-24)28(33)20-30(23-36-26-14-7-4-8-15-26)17-10-18-32(22-30)29(34)25-13-9-16-27(19-25)35-2/h3-9,11-16,19H,10,17-18,20-23H2,1-2H3. The number of rotatable bonds is 9. The molecule has 1 aliphatic heterocycles. The summed E-state index contributed by atoms with van der Waals surface area (Å²) in [6.45, 7) is 2.02. The summed E-state index contributed by atoms with van der Waals surface area (Å²) in [6, 6.07) is 26.8. The van der Waals surface area contributed by atoms with Gasteiger partial charge in [0.25, 0.3) is 5.91 Å². The van der Waals surface area contributed by atoms with Crippen LogP contribution in [0.2, 0.25) is 0 Å². The number of para-hydroxylation sites is 1. The van der Waals surface area contributed by atoms with Crippen molar-refractivity contribution in [3.63, 3.8) is 0 Å². The first kappa shape index (κ1) is 25.3. The fourth-order valence-electron chi connectivity index (χ4n) is 4.79. The zero-order valence-electron chi connectivity index (χ0n) is 21.1. The molecule has 1 saturated heterocycles. The minimum atomic E-state index is -0.481. The number of ether oxygens (including phenoxy) is 2. The first-order valence-electron chi connectivity index (χ1n) is 12.4. The van der Waals surface area contributed by atoms with E-state index in [0.29, 0.717) is 44.0 Å². The Bertz CT molecular complexity index is 1150. The zero-order chi connectivity index (χ0) is 25.4. The Kier molecular flexibility index (Phi) is 8.26. The van der Waals surface area contributed by atoms with Gasteiger partial charge < -0.3 is 19.3 Å². The lowest BCUT2D eigenvalue weighted by Crippen LogP contribution is -2.50. The molecule has 0 N–H and O–H groups in total. The molecule has 0 spiro atoms. The van der Waals surface area contributed by atoms with Crippen LogP contribution in [0.4, 0.5) is 0 Å². The van der Waals surface area contributed by atoms with Gasteiger partial charge in [-0.3, -0.25) is 9.59 Å². The van der Waals surface area contributed by atoms with Crippen LogP contribution in [0.25, 0.3) is 0 Å². The molecule has 0 radical (unpaired) electrons. The van der Waals surface area contributed by atoms with Gasteiger partial charge in [0.2, 0.25) is 5.91 Å². The van der Waals surface area contributed by atoms with Crippen molar-refractivity contribution in [2.45, 2.75) is 25.8 Å². The summed E-state index contributed by atoms with van der Waals surface area (Å²) in [5, 5.41) is 0. The third-order valence-corrected chi connectivity index (χ3v) is 6.77. The lowest BCUT2D eigenvalue weighted by atomic mass is 9.77. The number of benzene rings is 3. The Morgan fingerprint density at radius 1 is 0.944 bits per heavy atom. The Hall–Kier alpha value is -3.80. The summed E-state index contributed by atoms with van der Waals surface area (Å²) in [5.41, 5.74) is 1.19. The predicted molar refractivity (Wildman–Crippen MR) is 140 cm³/mol. The molecule has 0 aliphatic carbocycles. The summed E-state index contributed by atoms with van der Waals surface area (Å²) in [5.74, 6) is 1.40. The molecule has 6 nitrogen and oxygen atoms in total. The minimum Gasteiger partial charge on any atom is -0.497 e. The smallest absolute Gasteiger partial charge is 0.254 e. The molecule has 1 heterocycles. The van der Waals surface area contributed by atoms with Crippen LogP contribution < -0.4 is 9.47 Å². The van der Waals surface area contributed by atoms with Crippen LogP contribution >= 0.6 is 0 Å². The molecular weight excluding hydrogens is 452 g/mol. The van der Waals surface area contributed by atoms with Crippen LogP contribution in [0.3, 0.4) is 0 Å². The van der Waals surface area contributed by atoms with Gasteiger partial charge in [-0.05, 0) is 48.7 Å². The number of carbonyl (C=O) groups excluding carboxylic acids is 2. The monoisotopic (exact) mass is 486 g/mol. The predicted octanol–water partition coefficient (Wildman–Crippen LogP) is 5.05. The van der Waals surface area contributed by atoms with E-state index < -0.39 is 5.41 Å². The van der Waals surface area contributed by atoms with Gasteiger partial charge in [0.05, 0.1) is 13.7 Å². The second kappa shape index (κ2) is 11.8. The van der Waals surface area contributed by atoms with E-state index in [0.717, 1.165) is 24.2 Å².